The molecule has 1 heterocycles. The van der Waals surface area contributed by atoms with Crippen LogP contribution >= 0.6 is 0 Å². The van der Waals surface area contributed by atoms with Gasteiger partial charge in [0.1, 0.15) is 11.7 Å². The number of nitroso groups, excluding NO2 is 1. The number of hydrogen-bond donors (Lipinski definition) is 0. The molecule has 0 radical (unpaired) electrons. The lowest BCUT2D eigenvalue weighted by atomic mass is 9.96. The molecular formula is C14H14N2O. The van der Waals surface area contributed by atoms with Gasteiger partial charge in [-0.15, -0.1) is 0 Å². The van der Waals surface area contributed by atoms with Crippen LogP contribution in [0.4, 0.5) is 0 Å². The first-order valence-electron chi connectivity index (χ1n) is 5.77. The minimum Gasteiger partial charge on any atom is -0.245 e. The van der Waals surface area contributed by atoms with Gasteiger partial charge in [-0.2, -0.15) is 4.91 Å². The van der Waals surface area contributed by atoms with Gasteiger partial charge in [-0.25, -0.2) is 4.98 Å². The summed E-state index contributed by atoms with van der Waals surface area (Å²) in [5.41, 5.74) is 2.73. The minimum absolute atomic E-state index is 0.196. The summed E-state index contributed by atoms with van der Waals surface area (Å²) in [4.78, 5) is 14.8. The first-order chi connectivity index (χ1) is 8.28. The molecule has 3 nitrogen and oxygen atoms in total. The molecule has 0 saturated carbocycles. The van der Waals surface area contributed by atoms with Crippen LogP contribution in [0.25, 0.3) is 0 Å². The van der Waals surface area contributed by atoms with Gasteiger partial charge in [0.2, 0.25) is 0 Å². The molecule has 1 unspecified atom stereocenters. The van der Waals surface area contributed by atoms with Gasteiger partial charge in [0, 0.05) is 11.3 Å². The molecule has 17 heavy (non-hydrogen) atoms. The zero-order valence-corrected chi connectivity index (χ0v) is 9.81. The van der Waals surface area contributed by atoms with Crippen molar-refractivity contribution in [2.45, 2.75) is 32.2 Å². The first kappa shape index (κ1) is 11.5. The van der Waals surface area contributed by atoms with Gasteiger partial charge in [-0.1, -0.05) is 17.2 Å². The van der Waals surface area contributed by atoms with E-state index in [1.54, 1.807) is 0 Å². The van der Waals surface area contributed by atoms with Gasteiger partial charge in [0.25, 0.3) is 0 Å². The van der Waals surface area contributed by atoms with Crippen molar-refractivity contribution in [1.29, 1.82) is 0 Å². The second kappa shape index (κ2) is 5.40. The van der Waals surface area contributed by atoms with E-state index < -0.39 is 0 Å². The Balaban J connectivity index is 2.16. The third-order valence-corrected chi connectivity index (χ3v) is 2.71. The van der Waals surface area contributed by atoms with Gasteiger partial charge in [-0.3, -0.25) is 0 Å². The highest BCUT2D eigenvalue weighted by Gasteiger charge is 2.11. The predicted octanol–water partition coefficient (Wildman–Crippen LogP) is 2.99. The summed E-state index contributed by atoms with van der Waals surface area (Å²) in [7, 11) is 0. The lowest BCUT2D eigenvalue weighted by Crippen LogP contribution is -2.05. The highest BCUT2D eigenvalue weighted by atomic mass is 16.3. The molecule has 0 spiro atoms. The molecule has 1 aliphatic carbocycles. The summed E-state index contributed by atoms with van der Waals surface area (Å²) in [6.07, 6.45) is 4.64. The molecule has 0 aliphatic heterocycles. The van der Waals surface area contributed by atoms with Crippen molar-refractivity contribution in [3.05, 3.63) is 46.1 Å². The average molecular weight is 226 g/mol. The minimum atomic E-state index is -0.196. The van der Waals surface area contributed by atoms with Crippen LogP contribution < -0.4 is 0 Å². The van der Waals surface area contributed by atoms with Crippen molar-refractivity contribution < 1.29 is 0 Å². The topological polar surface area (TPSA) is 42.3 Å². The maximum Gasteiger partial charge on any atom is 0.113 e. The Kier molecular flexibility index (Phi) is 3.66. The fourth-order valence-electron chi connectivity index (χ4n) is 1.84. The lowest BCUT2D eigenvalue weighted by molar-refractivity contribution is 0.633. The van der Waals surface area contributed by atoms with Gasteiger partial charge < -0.3 is 0 Å². The van der Waals surface area contributed by atoms with E-state index in [-0.39, 0.29) is 6.04 Å². The number of hydrogen-bond acceptors (Lipinski definition) is 3. The Labute approximate surface area is 101 Å². The molecule has 1 aliphatic rings. The molecule has 2 rings (SSSR count). The van der Waals surface area contributed by atoms with E-state index in [1.807, 2.05) is 31.2 Å². The molecule has 0 bridgehead atoms. The average Bonchev–Trinajstić information content (AvgIpc) is 2.37. The van der Waals surface area contributed by atoms with Gasteiger partial charge in [0.05, 0.1) is 0 Å². The quantitative estimate of drug-likeness (QED) is 0.545. The normalized spacial score (nSPS) is 18.9. The zero-order valence-electron chi connectivity index (χ0n) is 9.81. The van der Waals surface area contributed by atoms with E-state index in [1.165, 1.54) is 0 Å². The van der Waals surface area contributed by atoms with Gasteiger partial charge >= 0.3 is 0 Å². The number of aromatic nitrogens is 1. The Bertz CT molecular complexity index is 508. The Morgan fingerprint density at radius 1 is 1.41 bits per heavy atom. The monoisotopic (exact) mass is 226 g/mol. The third kappa shape index (κ3) is 3.25. The second-order valence-corrected chi connectivity index (χ2v) is 4.17. The largest absolute Gasteiger partial charge is 0.245 e. The smallest absolute Gasteiger partial charge is 0.113 e. The van der Waals surface area contributed by atoms with Crippen molar-refractivity contribution >= 4 is 0 Å². The summed E-state index contributed by atoms with van der Waals surface area (Å²) in [6.45, 7) is 1.94. The zero-order chi connectivity index (χ0) is 12.1. The van der Waals surface area contributed by atoms with Crippen LogP contribution in [-0.2, 0) is 0 Å². The Morgan fingerprint density at radius 2 is 2.29 bits per heavy atom. The number of rotatable bonds is 1. The van der Waals surface area contributed by atoms with Crippen molar-refractivity contribution in [2.24, 2.45) is 5.18 Å². The molecule has 1 atom stereocenters. The van der Waals surface area contributed by atoms with Crippen molar-refractivity contribution in [3.63, 3.8) is 0 Å². The van der Waals surface area contributed by atoms with E-state index in [0.29, 0.717) is 0 Å². The highest BCUT2D eigenvalue weighted by molar-refractivity contribution is 5.38. The summed E-state index contributed by atoms with van der Waals surface area (Å²) >= 11 is 0. The fourth-order valence-corrected chi connectivity index (χ4v) is 1.84. The number of aryl methyl sites for hydroxylation is 1. The number of pyridine rings is 1. The van der Waals surface area contributed by atoms with Crippen molar-refractivity contribution in [2.75, 3.05) is 0 Å². The second-order valence-electron chi connectivity index (χ2n) is 4.17. The Morgan fingerprint density at radius 3 is 3.06 bits per heavy atom. The van der Waals surface area contributed by atoms with Crippen molar-refractivity contribution in [1.82, 2.24) is 4.98 Å². The highest BCUT2D eigenvalue weighted by Crippen LogP contribution is 2.19. The van der Waals surface area contributed by atoms with Crippen LogP contribution in [0.15, 0.2) is 35.0 Å². The maximum atomic E-state index is 10.5. The SMILES string of the molecule is Cc1cccc(C#CC2=CC(N=O)CCC2)n1. The molecule has 0 fully saturated rings. The molecular weight excluding hydrogens is 212 g/mol. The molecule has 0 amide bonds. The van der Waals surface area contributed by atoms with Gasteiger partial charge in [-0.05, 0) is 50.3 Å². The number of nitrogens with zero attached hydrogens (tertiary/aromatic N) is 2. The summed E-state index contributed by atoms with van der Waals surface area (Å²) in [6, 6.07) is 5.58. The molecule has 1 aromatic heterocycles. The van der Waals surface area contributed by atoms with E-state index in [9.17, 15) is 4.91 Å². The molecule has 86 valence electrons. The van der Waals surface area contributed by atoms with Crippen molar-refractivity contribution in [3.8, 4) is 11.8 Å². The maximum absolute atomic E-state index is 10.5. The summed E-state index contributed by atoms with van der Waals surface area (Å²) < 4.78 is 0. The molecule has 0 aromatic carbocycles. The first-order valence-corrected chi connectivity index (χ1v) is 5.77. The molecule has 1 aromatic rings. The van der Waals surface area contributed by atoms with Crippen LogP contribution in [0.3, 0.4) is 0 Å². The van der Waals surface area contributed by atoms with Crippen LogP contribution in [0.2, 0.25) is 0 Å². The standard InChI is InChI=1S/C14H14N2O/c1-11-4-2-6-13(15-11)9-8-12-5-3-7-14(10-12)16-17/h2,4,6,10,14H,3,5,7H2,1H3. The molecule has 0 saturated heterocycles. The number of allylic oxidation sites excluding steroid dienone is 1. The van der Waals surface area contributed by atoms with E-state index in [2.05, 4.69) is 22.0 Å². The third-order valence-electron chi connectivity index (χ3n) is 2.71. The van der Waals surface area contributed by atoms with Crippen LogP contribution in [-0.4, -0.2) is 11.0 Å². The summed E-state index contributed by atoms with van der Waals surface area (Å²) in [5, 5.41) is 3.06. The summed E-state index contributed by atoms with van der Waals surface area (Å²) in [5.74, 6) is 6.11. The molecule has 3 heteroatoms. The van der Waals surface area contributed by atoms with Crippen LogP contribution in [0.5, 0.6) is 0 Å². The van der Waals surface area contributed by atoms with E-state index >= 15 is 0 Å². The predicted molar refractivity (Wildman–Crippen MR) is 67.4 cm³/mol. The fraction of sp³-hybridized carbons (Fsp3) is 0.357. The van der Waals surface area contributed by atoms with Crippen LogP contribution in [0.1, 0.15) is 30.7 Å². The van der Waals surface area contributed by atoms with Gasteiger partial charge in [0.15, 0.2) is 0 Å². The van der Waals surface area contributed by atoms with Crippen LogP contribution in [0, 0.1) is 23.7 Å². The Hall–Kier alpha value is -1.95. The lowest BCUT2D eigenvalue weighted by Gasteiger charge is -2.11. The van der Waals surface area contributed by atoms with E-state index in [4.69, 9.17) is 0 Å². The van der Waals surface area contributed by atoms with E-state index in [0.717, 1.165) is 36.2 Å². The molecule has 0 N–H and O–H groups in total.